The second kappa shape index (κ2) is 7.89. The molecule has 124 valence electrons. The Morgan fingerprint density at radius 3 is 2.57 bits per heavy atom. The smallest absolute Gasteiger partial charge is 0.336 e. The van der Waals surface area contributed by atoms with Gasteiger partial charge in [-0.25, -0.2) is 4.79 Å². The van der Waals surface area contributed by atoms with Crippen LogP contribution >= 0.6 is 0 Å². The highest BCUT2D eigenvalue weighted by Crippen LogP contribution is 2.32. The lowest BCUT2D eigenvalue weighted by atomic mass is 9.89. The quantitative estimate of drug-likeness (QED) is 0.789. The van der Waals surface area contributed by atoms with Gasteiger partial charge in [0.15, 0.2) is 6.29 Å². The van der Waals surface area contributed by atoms with Crippen LogP contribution in [0.2, 0.25) is 0 Å². The van der Waals surface area contributed by atoms with E-state index in [-0.39, 0.29) is 24.9 Å². The molecule has 23 heavy (non-hydrogen) atoms. The lowest BCUT2D eigenvalue weighted by Crippen LogP contribution is -2.30. The molecule has 1 heterocycles. The Bertz CT molecular complexity index is 607. The normalized spacial score (nSPS) is 22.8. The van der Waals surface area contributed by atoms with Crippen molar-refractivity contribution in [3.63, 3.8) is 0 Å². The Morgan fingerprint density at radius 2 is 1.91 bits per heavy atom. The fourth-order valence-electron chi connectivity index (χ4n) is 2.59. The minimum Gasteiger partial charge on any atom is -0.469 e. The van der Waals surface area contributed by atoms with E-state index in [9.17, 15) is 9.59 Å². The molecule has 1 aromatic rings. The Hall–Kier alpha value is -2.18. The first-order valence-corrected chi connectivity index (χ1v) is 7.19. The molecule has 2 rings (SSSR count). The largest absolute Gasteiger partial charge is 0.469 e. The Morgan fingerprint density at radius 1 is 1.17 bits per heavy atom. The molecule has 0 spiro atoms. The van der Waals surface area contributed by atoms with E-state index in [1.807, 2.05) is 24.3 Å². The lowest BCUT2D eigenvalue weighted by Gasteiger charge is -2.29. The molecular weight excluding hydrogens is 300 g/mol. The predicted octanol–water partition coefficient (Wildman–Crippen LogP) is 1.89. The maximum Gasteiger partial charge on any atom is 0.336 e. The molecule has 2 atom stereocenters. The Kier molecular flexibility index (Phi) is 5.90. The summed E-state index contributed by atoms with van der Waals surface area (Å²) in [5.41, 5.74) is 2.07. The van der Waals surface area contributed by atoms with Gasteiger partial charge in [-0.15, -0.1) is 0 Å². The number of carbonyl (C=O) groups excluding carboxylic acids is 2. The Balaban J connectivity index is 2.49. The van der Waals surface area contributed by atoms with Crippen molar-refractivity contribution < 1.29 is 28.5 Å². The van der Waals surface area contributed by atoms with Crippen LogP contribution in [0.5, 0.6) is 0 Å². The molecule has 6 nitrogen and oxygen atoms in total. The first-order chi connectivity index (χ1) is 11.1. The summed E-state index contributed by atoms with van der Waals surface area (Å²) in [6.45, 7) is 0.0389. The average Bonchev–Trinajstić information content (AvgIpc) is 2.57. The molecule has 2 unspecified atom stereocenters. The second-order valence-electron chi connectivity index (χ2n) is 5.09. The third-order valence-electron chi connectivity index (χ3n) is 3.75. The molecule has 0 radical (unpaired) electrons. The number of esters is 2. The van der Waals surface area contributed by atoms with Gasteiger partial charge in [0, 0.05) is 13.0 Å². The number of benzene rings is 1. The van der Waals surface area contributed by atoms with Gasteiger partial charge in [-0.1, -0.05) is 24.3 Å². The van der Waals surface area contributed by atoms with Crippen molar-refractivity contribution in [2.24, 2.45) is 0 Å². The van der Waals surface area contributed by atoms with Crippen molar-refractivity contribution in [2.75, 3.05) is 27.9 Å². The van der Waals surface area contributed by atoms with Crippen molar-refractivity contribution in [2.45, 2.75) is 18.6 Å². The van der Waals surface area contributed by atoms with E-state index >= 15 is 0 Å². The molecule has 0 aliphatic carbocycles. The molecule has 1 aliphatic heterocycles. The van der Waals surface area contributed by atoms with Crippen LogP contribution in [-0.4, -0.2) is 46.2 Å². The van der Waals surface area contributed by atoms with Crippen LogP contribution in [0.1, 0.15) is 23.5 Å². The maximum atomic E-state index is 11.9. The summed E-state index contributed by atoms with van der Waals surface area (Å²) in [5.74, 6) is -1.15. The van der Waals surface area contributed by atoms with Gasteiger partial charge in [0.1, 0.15) is 0 Å². The van der Waals surface area contributed by atoms with Crippen LogP contribution in [0.15, 0.2) is 29.8 Å². The first kappa shape index (κ1) is 17.2. The van der Waals surface area contributed by atoms with E-state index in [4.69, 9.17) is 18.9 Å². The number of fused-ring (bicyclic) bond motifs is 1. The zero-order valence-electron chi connectivity index (χ0n) is 13.4. The summed E-state index contributed by atoms with van der Waals surface area (Å²) in [4.78, 5) is 23.6. The van der Waals surface area contributed by atoms with E-state index in [1.54, 1.807) is 6.08 Å². The summed E-state index contributed by atoms with van der Waals surface area (Å²) >= 11 is 0. The van der Waals surface area contributed by atoms with Crippen LogP contribution in [0.4, 0.5) is 0 Å². The van der Waals surface area contributed by atoms with Crippen molar-refractivity contribution in [1.29, 1.82) is 0 Å². The molecule has 0 fully saturated rings. The zero-order chi connectivity index (χ0) is 16.8. The van der Waals surface area contributed by atoms with Crippen LogP contribution in [0.25, 0.3) is 6.08 Å². The SMILES string of the molecule is COC(=O)CC1c2ccccc2/C=C(/C(=O)OC)COC1OC. The summed E-state index contributed by atoms with van der Waals surface area (Å²) in [5, 5.41) is 0. The van der Waals surface area contributed by atoms with Crippen LogP contribution in [0, 0.1) is 0 Å². The molecule has 0 saturated carbocycles. The van der Waals surface area contributed by atoms with Gasteiger partial charge in [-0.2, -0.15) is 0 Å². The van der Waals surface area contributed by atoms with E-state index in [2.05, 4.69) is 0 Å². The summed E-state index contributed by atoms with van der Waals surface area (Å²) in [7, 11) is 4.16. The van der Waals surface area contributed by atoms with Crippen molar-refractivity contribution in [3.05, 3.63) is 41.0 Å². The standard InChI is InChI=1S/C17H20O6/c1-20-15(18)9-14-13-7-5-4-6-11(13)8-12(16(19)21-2)10-23-17(14)22-3/h4-8,14,17H,9-10H2,1-3H3/b12-8+. The summed E-state index contributed by atoms with van der Waals surface area (Å²) < 4.78 is 20.6. The van der Waals surface area contributed by atoms with Gasteiger partial charge in [-0.3, -0.25) is 4.79 Å². The van der Waals surface area contributed by atoms with E-state index in [1.165, 1.54) is 21.3 Å². The minimum absolute atomic E-state index is 0.0389. The lowest BCUT2D eigenvalue weighted by molar-refractivity contribution is -0.155. The minimum atomic E-state index is -0.677. The fraction of sp³-hybridized carbons (Fsp3) is 0.412. The molecule has 1 aliphatic rings. The van der Waals surface area contributed by atoms with Crippen molar-refractivity contribution in [3.8, 4) is 0 Å². The molecule has 0 saturated heterocycles. The third-order valence-corrected chi connectivity index (χ3v) is 3.75. The third kappa shape index (κ3) is 3.97. The molecule has 0 aromatic heterocycles. The molecule has 0 bridgehead atoms. The highest BCUT2D eigenvalue weighted by Gasteiger charge is 2.31. The van der Waals surface area contributed by atoms with Crippen LogP contribution in [0.3, 0.4) is 0 Å². The molecule has 0 amide bonds. The second-order valence-corrected chi connectivity index (χ2v) is 5.09. The van der Waals surface area contributed by atoms with Gasteiger partial charge in [0.25, 0.3) is 0 Å². The average molecular weight is 320 g/mol. The van der Waals surface area contributed by atoms with E-state index < -0.39 is 12.3 Å². The number of rotatable bonds is 4. The molecular formula is C17H20O6. The van der Waals surface area contributed by atoms with Crippen molar-refractivity contribution in [1.82, 2.24) is 0 Å². The van der Waals surface area contributed by atoms with Gasteiger partial charge in [-0.05, 0) is 17.2 Å². The van der Waals surface area contributed by atoms with Crippen LogP contribution < -0.4 is 0 Å². The topological polar surface area (TPSA) is 71.1 Å². The molecule has 1 aromatic carbocycles. The van der Waals surface area contributed by atoms with Gasteiger partial charge in [0.2, 0.25) is 0 Å². The van der Waals surface area contributed by atoms with Crippen molar-refractivity contribution >= 4 is 18.0 Å². The number of hydrogen-bond acceptors (Lipinski definition) is 6. The highest BCUT2D eigenvalue weighted by atomic mass is 16.7. The molecule has 0 N–H and O–H groups in total. The number of hydrogen-bond donors (Lipinski definition) is 0. The number of ether oxygens (including phenoxy) is 4. The van der Waals surface area contributed by atoms with Gasteiger partial charge >= 0.3 is 11.9 Å². The zero-order valence-corrected chi connectivity index (χ0v) is 13.4. The van der Waals surface area contributed by atoms with E-state index in [0.29, 0.717) is 5.57 Å². The monoisotopic (exact) mass is 320 g/mol. The van der Waals surface area contributed by atoms with E-state index in [0.717, 1.165) is 11.1 Å². The molecule has 6 heteroatoms. The first-order valence-electron chi connectivity index (χ1n) is 7.19. The Labute approximate surface area is 135 Å². The highest BCUT2D eigenvalue weighted by molar-refractivity contribution is 5.94. The number of carbonyl (C=O) groups is 2. The summed E-state index contributed by atoms with van der Waals surface area (Å²) in [6.07, 6.45) is 1.16. The van der Waals surface area contributed by atoms with Crippen LogP contribution in [-0.2, 0) is 28.5 Å². The maximum absolute atomic E-state index is 11.9. The van der Waals surface area contributed by atoms with Gasteiger partial charge in [0.05, 0.1) is 32.8 Å². The predicted molar refractivity (Wildman–Crippen MR) is 82.6 cm³/mol. The summed E-state index contributed by atoms with van der Waals surface area (Å²) in [6, 6.07) is 7.49. The number of methoxy groups -OCH3 is 3. The fourth-order valence-corrected chi connectivity index (χ4v) is 2.59. The van der Waals surface area contributed by atoms with Gasteiger partial charge < -0.3 is 18.9 Å².